The Balaban J connectivity index is 1.03. The summed E-state index contributed by atoms with van der Waals surface area (Å²) < 4.78 is 44.0. The quantitative estimate of drug-likeness (QED) is 0.0438. The summed E-state index contributed by atoms with van der Waals surface area (Å²) in [7, 11) is -3.97. The van der Waals surface area contributed by atoms with Gasteiger partial charge < -0.3 is 24.8 Å². The molecule has 4 aromatic rings. The number of ether oxygens (including phenoxy) is 2. The van der Waals surface area contributed by atoms with Crippen LogP contribution in [0.5, 0.6) is 5.75 Å². The van der Waals surface area contributed by atoms with E-state index < -0.39 is 46.0 Å². The molecule has 13 nitrogen and oxygen atoms in total. The smallest absolute Gasteiger partial charge is 0.326 e. The van der Waals surface area contributed by atoms with Gasteiger partial charge in [0.05, 0.1) is 22.9 Å². The van der Waals surface area contributed by atoms with Crippen molar-refractivity contribution in [3.05, 3.63) is 119 Å². The van der Waals surface area contributed by atoms with Crippen LogP contribution in [0.15, 0.2) is 107 Å². The molecule has 4 atom stereocenters. The predicted molar refractivity (Wildman–Crippen MR) is 223 cm³/mol. The number of sulfonamides is 1. The van der Waals surface area contributed by atoms with Crippen LogP contribution in [0, 0.1) is 0 Å². The summed E-state index contributed by atoms with van der Waals surface area (Å²) in [4.78, 5) is 40.4. The van der Waals surface area contributed by atoms with Crippen molar-refractivity contribution >= 4 is 57.1 Å². The van der Waals surface area contributed by atoms with Crippen molar-refractivity contribution < 1.29 is 37.4 Å². The van der Waals surface area contributed by atoms with Crippen molar-refractivity contribution in [1.82, 2.24) is 19.7 Å². The van der Waals surface area contributed by atoms with Crippen LogP contribution in [0.2, 0.25) is 5.02 Å². The zero-order valence-electron chi connectivity index (χ0n) is 32.1. The highest BCUT2D eigenvalue weighted by molar-refractivity contribution is 7.97. The number of carbonyl (C=O) groups is 3. The van der Waals surface area contributed by atoms with Crippen LogP contribution < -0.4 is 24.8 Å². The van der Waals surface area contributed by atoms with Crippen molar-refractivity contribution in [1.29, 1.82) is 0 Å². The lowest BCUT2D eigenvalue weighted by Gasteiger charge is -2.28. The second kappa shape index (κ2) is 20.4. The normalized spacial score (nSPS) is 17.4. The molecule has 5 N–H and O–H groups in total. The summed E-state index contributed by atoms with van der Waals surface area (Å²) >= 11 is 7.90. The van der Waals surface area contributed by atoms with Gasteiger partial charge in [-0.15, -0.1) is 0 Å². The van der Waals surface area contributed by atoms with E-state index in [-0.39, 0.29) is 42.3 Å². The van der Waals surface area contributed by atoms with E-state index in [0.717, 1.165) is 29.0 Å². The number of likely N-dealkylation sites (tertiary alicyclic amines) is 1. The van der Waals surface area contributed by atoms with E-state index in [2.05, 4.69) is 32.2 Å². The van der Waals surface area contributed by atoms with E-state index in [1.54, 1.807) is 43.3 Å². The van der Waals surface area contributed by atoms with Crippen molar-refractivity contribution in [3.63, 3.8) is 0 Å². The van der Waals surface area contributed by atoms with Crippen LogP contribution in [0.3, 0.4) is 0 Å². The van der Waals surface area contributed by atoms with E-state index in [9.17, 15) is 27.9 Å². The number of benzene rings is 4. The summed E-state index contributed by atoms with van der Waals surface area (Å²) in [5.74, 6) is -1.37. The highest BCUT2D eigenvalue weighted by Crippen LogP contribution is 2.37. The standard InChI is InChI=1S/C42H48ClN5O8S2/c1-28(40(49)48-22-8-13-36(48)41(50)51)45-34(42(52)56-24-23-55-32-11-6-3-7-12-32)20-18-30-14-16-31(17-15-30)27-44-58(53,54)38-26-37-35(25-33(38)43)46-39(47-57-37)21-19-29-9-4-2-5-10-29/h2-7,9-12,14-17,25-26,28,34,36,39,44-47H,8,13,18-24,27H2,1H3,(H,50,51)/t28?,34-,36-,39-/m0/s1. The Labute approximate surface area is 348 Å². The third-order valence-corrected chi connectivity index (χ3v) is 12.8. The number of fused-ring (bicyclic) bond motifs is 1. The van der Waals surface area contributed by atoms with Crippen molar-refractivity contribution in [3.8, 4) is 5.75 Å². The first kappa shape index (κ1) is 43.0. The lowest BCUT2D eigenvalue weighted by atomic mass is 10.0. The summed E-state index contributed by atoms with van der Waals surface area (Å²) in [6, 6.07) is 27.2. The Bertz CT molecular complexity index is 2130. The van der Waals surface area contributed by atoms with Crippen molar-refractivity contribution in [2.75, 3.05) is 25.1 Å². The Kier molecular flexibility index (Phi) is 15.1. The molecular formula is C42H48ClN5O8S2. The average Bonchev–Trinajstić information content (AvgIpc) is 3.73. The number of anilines is 1. The number of para-hydroxylation sites is 1. The summed E-state index contributed by atoms with van der Waals surface area (Å²) in [5.41, 5.74) is 3.59. The number of amides is 1. The monoisotopic (exact) mass is 849 g/mol. The average molecular weight is 850 g/mol. The zero-order chi connectivity index (χ0) is 41.1. The number of hydrogen-bond acceptors (Lipinski definition) is 11. The van der Waals surface area contributed by atoms with Gasteiger partial charge in [-0.05, 0) is 98.4 Å². The molecule has 1 saturated heterocycles. The molecule has 4 aromatic carbocycles. The molecule has 6 rings (SSSR count). The molecule has 308 valence electrons. The van der Waals surface area contributed by atoms with Gasteiger partial charge in [-0.1, -0.05) is 84.4 Å². The highest BCUT2D eigenvalue weighted by Gasteiger charge is 2.37. The number of halogens is 1. The van der Waals surface area contributed by atoms with E-state index >= 15 is 0 Å². The second-order valence-electron chi connectivity index (χ2n) is 14.2. The third-order valence-electron chi connectivity index (χ3n) is 10.0. The van der Waals surface area contributed by atoms with Crippen LogP contribution in [0.1, 0.15) is 49.3 Å². The van der Waals surface area contributed by atoms with Crippen molar-refractivity contribution in [2.45, 2.75) is 86.1 Å². The number of aryl methyl sites for hydroxylation is 2. The highest BCUT2D eigenvalue weighted by atomic mass is 35.5. The van der Waals surface area contributed by atoms with E-state index in [1.807, 2.05) is 48.5 Å². The van der Waals surface area contributed by atoms with Crippen LogP contribution in [-0.2, 0) is 48.5 Å². The molecule has 2 heterocycles. The second-order valence-corrected chi connectivity index (χ2v) is 17.2. The van der Waals surface area contributed by atoms with Gasteiger partial charge >= 0.3 is 11.9 Å². The minimum absolute atomic E-state index is 0.00894. The zero-order valence-corrected chi connectivity index (χ0v) is 34.5. The molecule has 1 fully saturated rings. The number of rotatable bonds is 19. The van der Waals surface area contributed by atoms with Gasteiger partial charge in [0.15, 0.2) is 0 Å². The maximum absolute atomic E-state index is 13.4. The van der Waals surface area contributed by atoms with E-state index in [0.29, 0.717) is 37.1 Å². The molecule has 0 bridgehead atoms. The van der Waals surface area contributed by atoms with Gasteiger partial charge in [0.2, 0.25) is 15.9 Å². The number of carboxylic acids is 1. The molecule has 2 aliphatic heterocycles. The SMILES string of the molecule is CC(N[C@@H](CCc1ccc(CNS(=O)(=O)c2cc3c(cc2Cl)N[C@H](CCc2ccccc2)NS3)cc1)C(=O)OCCOc1ccccc1)C(=O)N1CCC[C@H]1C(=O)O. The minimum Gasteiger partial charge on any atom is -0.490 e. The Morgan fingerprint density at radius 1 is 0.948 bits per heavy atom. The first-order valence-corrected chi connectivity index (χ1v) is 21.9. The number of nitrogens with zero attached hydrogens (tertiary/aromatic N) is 1. The molecule has 58 heavy (non-hydrogen) atoms. The first-order valence-electron chi connectivity index (χ1n) is 19.2. The number of nitrogens with one attached hydrogen (secondary N) is 4. The fourth-order valence-corrected chi connectivity index (χ4v) is 9.36. The van der Waals surface area contributed by atoms with Crippen LogP contribution in [-0.4, -0.2) is 80.3 Å². The summed E-state index contributed by atoms with van der Waals surface area (Å²) in [6.07, 6.45) is 3.37. The number of carboxylic acid groups (broad SMARTS) is 1. The maximum Gasteiger partial charge on any atom is 0.326 e. The third kappa shape index (κ3) is 11.7. The van der Waals surface area contributed by atoms with Gasteiger partial charge in [0, 0.05) is 18.0 Å². The fraction of sp³-hybridized carbons (Fsp3) is 0.357. The number of aliphatic carboxylic acids is 1. The summed E-state index contributed by atoms with van der Waals surface area (Å²) in [5, 5.41) is 16.2. The molecule has 1 amide bonds. The molecule has 0 saturated carbocycles. The largest absolute Gasteiger partial charge is 0.490 e. The van der Waals surface area contributed by atoms with Gasteiger partial charge in [-0.3, -0.25) is 14.9 Å². The lowest BCUT2D eigenvalue weighted by molar-refractivity contribution is -0.150. The molecule has 0 aliphatic carbocycles. The molecule has 0 radical (unpaired) electrons. The molecule has 0 aromatic heterocycles. The predicted octanol–water partition coefficient (Wildman–Crippen LogP) is 5.78. The molecular weight excluding hydrogens is 802 g/mol. The molecule has 1 unspecified atom stereocenters. The van der Waals surface area contributed by atoms with E-state index in [1.165, 1.54) is 22.4 Å². The van der Waals surface area contributed by atoms with E-state index in [4.69, 9.17) is 21.1 Å². The van der Waals surface area contributed by atoms with Gasteiger partial charge in [-0.2, -0.15) is 0 Å². The molecule has 16 heteroatoms. The lowest BCUT2D eigenvalue weighted by Crippen LogP contribution is -2.53. The van der Waals surface area contributed by atoms with Crippen molar-refractivity contribution in [2.24, 2.45) is 0 Å². The number of hydrogen-bond donors (Lipinski definition) is 5. The number of carbonyl (C=O) groups excluding carboxylic acids is 2. The van der Waals surface area contributed by atoms with Crippen LogP contribution >= 0.6 is 23.5 Å². The topological polar surface area (TPSA) is 175 Å². The number of esters is 1. The van der Waals surface area contributed by atoms with Gasteiger partial charge in [-0.25, -0.2) is 22.7 Å². The Hall–Kier alpha value is -4.64. The Morgan fingerprint density at radius 2 is 1.64 bits per heavy atom. The molecule has 0 spiro atoms. The first-order chi connectivity index (χ1) is 28.0. The van der Waals surface area contributed by atoms with Gasteiger partial charge in [0.1, 0.15) is 35.9 Å². The van der Waals surface area contributed by atoms with Crippen LogP contribution in [0.4, 0.5) is 5.69 Å². The van der Waals surface area contributed by atoms with Crippen LogP contribution in [0.25, 0.3) is 0 Å². The molecule has 2 aliphatic rings. The van der Waals surface area contributed by atoms with Gasteiger partial charge in [0.25, 0.3) is 0 Å². The minimum atomic E-state index is -3.97. The summed E-state index contributed by atoms with van der Waals surface area (Å²) in [6.45, 7) is 2.10. The maximum atomic E-state index is 13.4. The Morgan fingerprint density at radius 3 is 2.36 bits per heavy atom. The fourth-order valence-electron chi connectivity index (χ4n) is 6.86.